The van der Waals surface area contributed by atoms with Crippen molar-refractivity contribution in [2.75, 3.05) is 25.0 Å². The SMILES string of the molecule is CN(C(=O)N[C@@H]1C[C@H]1c1ccc(F)cc1)C1CCCN(c2cccnn2)C1. The number of urea groups is 1. The monoisotopic (exact) mass is 369 g/mol. The zero-order valence-corrected chi connectivity index (χ0v) is 15.4. The van der Waals surface area contributed by atoms with E-state index < -0.39 is 0 Å². The first-order valence-electron chi connectivity index (χ1n) is 9.43. The molecule has 2 amide bonds. The van der Waals surface area contributed by atoms with Crippen molar-refractivity contribution in [1.29, 1.82) is 0 Å². The summed E-state index contributed by atoms with van der Waals surface area (Å²) < 4.78 is 13.1. The van der Waals surface area contributed by atoms with E-state index in [-0.39, 0.29) is 29.8 Å². The largest absolute Gasteiger partial charge is 0.353 e. The van der Waals surface area contributed by atoms with Crippen LogP contribution in [0, 0.1) is 5.82 Å². The summed E-state index contributed by atoms with van der Waals surface area (Å²) >= 11 is 0. The predicted molar refractivity (Wildman–Crippen MR) is 101 cm³/mol. The Morgan fingerprint density at radius 3 is 2.85 bits per heavy atom. The number of hydrogen-bond acceptors (Lipinski definition) is 4. The molecule has 4 rings (SSSR count). The summed E-state index contributed by atoms with van der Waals surface area (Å²) in [6.45, 7) is 1.69. The third-order valence-electron chi connectivity index (χ3n) is 5.54. The summed E-state index contributed by atoms with van der Waals surface area (Å²) in [6, 6.07) is 10.6. The number of nitrogens with zero attached hydrogens (tertiary/aromatic N) is 4. The van der Waals surface area contributed by atoms with Gasteiger partial charge < -0.3 is 15.1 Å². The fraction of sp³-hybridized carbons (Fsp3) is 0.450. The maximum atomic E-state index is 13.1. The minimum absolute atomic E-state index is 0.0457. The quantitative estimate of drug-likeness (QED) is 0.900. The summed E-state index contributed by atoms with van der Waals surface area (Å²) in [5, 5.41) is 11.2. The number of amides is 2. The molecule has 27 heavy (non-hydrogen) atoms. The van der Waals surface area contributed by atoms with Crippen LogP contribution in [-0.4, -0.2) is 53.3 Å². The average Bonchev–Trinajstić information content (AvgIpc) is 3.47. The Balaban J connectivity index is 1.32. The predicted octanol–water partition coefficient (Wildman–Crippen LogP) is 2.78. The molecule has 1 N–H and O–H groups in total. The molecule has 0 bridgehead atoms. The topological polar surface area (TPSA) is 61.4 Å². The zero-order chi connectivity index (χ0) is 18.8. The molecule has 1 aliphatic heterocycles. The van der Waals surface area contributed by atoms with Gasteiger partial charge in [0.15, 0.2) is 5.82 Å². The molecular weight excluding hydrogens is 345 g/mol. The molecule has 1 saturated carbocycles. The van der Waals surface area contributed by atoms with Crippen molar-refractivity contribution in [2.24, 2.45) is 0 Å². The lowest BCUT2D eigenvalue weighted by atomic mass is 10.0. The maximum absolute atomic E-state index is 13.1. The number of piperidine rings is 1. The highest BCUT2D eigenvalue weighted by Gasteiger charge is 2.40. The fourth-order valence-electron chi connectivity index (χ4n) is 3.80. The number of anilines is 1. The normalized spacial score (nSPS) is 24.4. The van der Waals surface area contributed by atoms with Crippen molar-refractivity contribution in [3.8, 4) is 0 Å². The van der Waals surface area contributed by atoms with E-state index in [1.165, 1.54) is 12.1 Å². The lowest BCUT2D eigenvalue weighted by Gasteiger charge is -2.38. The van der Waals surface area contributed by atoms with Gasteiger partial charge in [0.25, 0.3) is 0 Å². The molecule has 2 heterocycles. The van der Waals surface area contributed by atoms with Gasteiger partial charge in [-0.15, -0.1) is 5.10 Å². The Morgan fingerprint density at radius 1 is 1.30 bits per heavy atom. The van der Waals surface area contributed by atoms with Gasteiger partial charge in [-0.3, -0.25) is 0 Å². The van der Waals surface area contributed by atoms with Crippen molar-refractivity contribution in [1.82, 2.24) is 20.4 Å². The summed E-state index contributed by atoms with van der Waals surface area (Å²) in [5.41, 5.74) is 1.08. The van der Waals surface area contributed by atoms with Gasteiger partial charge in [-0.25, -0.2) is 9.18 Å². The molecule has 3 atom stereocenters. The Kier molecular flexibility index (Phi) is 4.92. The van der Waals surface area contributed by atoms with Crippen molar-refractivity contribution in [3.05, 3.63) is 54.0 Å². The van der Waals surface area contributed by atoms with Gasteiger partial charge in [0, 0.05) is 38.3 Å². The van der Waals surface area contributed by atoms with Gasteiger partial charge >= 0.3 is 6.03 Å². The average molecular weight is 369 g/mol. The van der Waals surface area contributed by atoms with Crippen LogP contribution in [0.3, 0.4) is 0 Å². The lowest BCUT2D eigenvalue weighted by Crippen LogP contribution is -2.52. The van der Waals surface area contributed by atoms with Gasteiger partial charge in [0.2, 0.25) is 0 Å². The van der Waals surface area contributed by atoms with Gasteiger partial charge in [-0.05, 0) is 49.1 Å². The molecule has 2 aliphatic rings. The van der Waals surface area contributed by atoms with Gasteiger partial charge in [-0.2, -0.15) is 5.10 Å². The molecule has 1 aromatic carbocycles. The van der Waals surface area contributed by atoms with E-state index in [1.807, 2.05) is 24.1 Å². The molecular formula is C20H24FN5O. The molecule has 142 valence electrons. The Labute approximate surface area is 158 Å². The van der Waals surface area contributed by atoms with Crippen LogP contribution in [0.5, 0.6) is 0 Å². The van der Waals surface area contributed by atoms with E-state index in [0.717, 1.165) is 43.7 Å². The highest BCUT2D eigenvalue weighted by atomic mass is 19.1. The van der Waals surface area contributed by atoms with Crippen molar-refractivity contribution in [3.63, 3.8) is 0 Å². The summed E-state index contributed by atoms with van der Waals surface area (Å²) in [6.07, 6.45) is 4.56. The molecule has 7 heteroatoms. The zero-order valence-electron chi connectivity index (χ0n) is 15.4. The summed E-state index contributed by atoms with van der Waals surface area (Å²) in [5.74, 6) is 0.907. The first kappa shape index (κ1) is 17.7. The van der Waals surface area contributed by atoms with Gasteiger partial charge in [0.1, 0.15) is 5.82 Å². The van der Waals surface area contributed by atoms with E-state index in [1.54, 1.807) is 18.3 Å². The molecule has 0 radical (unpaired) electrons. The highest BCUT2D eigenvalue weighted by Crippen LogP contribution is 2.40. The number of hydrogen-bond donors (Lipinski definition) is 1. The van der Waals surface area contributed by atoms with Crippen LogP contribution < -0.4 is 10.2 Å². The van der Waals surface area contributed by atoms with E-state index in [9.17, 15) is 9.18 Å². The second-order valence-corrected chi connectivity index (χ2v) is 7.38. The number of carbonyl (C=O) groups excluding carboxylic acids is 1. The van der Waals surface area contributed by atoms with Crippen LogP contribution in [0.1, 0.15) is 30.7 Å². The standard InChI is InChI=1S/C20H24FN5O/c1-25(16-4-3-11-26(13-16)19-5-2-10-22-24-19)20(27)23-18-12-17(18)14-6-8-15(21)9-7-14/h2,5-10,16-18H,3-4,11-13H2,1H3,(H,23,27)/t16?,17-,18+/m0/s1. The number of halogens is 1. The van der Waals surface area contributed by atoms with Crippen LogP contribution in [0.4, 0.5) is 15.0 Å². The number of nitrogens with one attached hydrogen (secondary N) is 1. The second-order valence-electron chi connectivity index (χ2n) is 7.38. The first-order valence-corrected chi connectivity index (χ1v) is 9.43. The fourth-order valence-corrected chi connectivity index (χ4v) is 3.80. The van der Waals surface area contributed by atoms with Gasteiger partial charge in [0.05, 0.1) is 6.04 Å². The number of aromatic nitrogens is 2. The third kappa shape index (κ3) is 4.02. The molecule has 0 spiro atoms. The molecule has 1 saturated heterocycles. The molecule has 2 fully saturated rings. The second kappa shape index (κ2) is 7.50. The molecule has 1 unspecified atom stereocenters. The summed E-state index contributed by atoms with van der Waals surface area (Å²) in [7, 11) is 1.86. The molecule has 1 aromatic heterocycles. The molecule has 1 aliphatic carbocycles. The summed E-state index contributed by atoms with van der Waals surface area (Å²) in [4.78, 5) is 16.7. The smallest absolute Gasteiger partial charge is 0.317 e. The first-order chi connectivity index (χ1) is 13.1. The van der Waals surface area contributed by atoms with E-state index in [0.29, 0.717) is 0 Å². The van der Waals surface area contributed by atoms with Crippen molar-refractivity contribution < 1.29 is 9.18 Å². The van der Waals surface area contributed by atoms with E-state index >= 15 is 0 Å². The Bertz CT molecular complexity index is 785. The molecule has 6 nitrogen and oxygen atoms in total. The molecule has 2 aromatic rings. The van der Waals surface area contributed by atoms with Crippen molar-refractivity contribution >= 4 is 11.8 Å². The number of benzene rings is 1. The number of rotatable bonds is 4. The minimum Gasteiger partial charge on any atom is -0.353 e. The van der Waals surface area contributed by atoms with Crippen LogP contribution in [-0.2, 0) is 0 Å². The van der Waals surface area contributed by atoms with Crippen molar-refractivity contribution in [2.45, 2.75) is 37.3 Å². The highest BCUT2D eigenvalue weighted by molar-refractivity contribution is 5.75. The minimum atomic E-state index is -0.232. The number of carbonyl (C=O) groups is 1. The Morgan fingerprint density at radius 2 is 2.11 bits per heavy atom. The Hall–Kier alpha value is -2.70. The van der Waals surface area contributed by atoms with E-state index in [2.05, 4.69) is 20.4 Å². The maximum Gasteiger partial charge on any atom is 0.317 e. The third-order valence-corrected chi connectivity index (χ3v) is 5.54. The van der Waals surface area contributed by atoms with Crippen LogP contribution in [0.15, 0.2) is 42.6 Å². The van der Waals surface area contributed by atoms with Crippen LogP contribution in [0.25, 0.3) is 0 Å². The van der Waals surface area contributed by atoms with Gasteiger partial charge in [-0.1, -0.05) is 12.1 Å². The van der Waals surface area contributed by atoms with Crippen LogP contribution in [0.2, 0.25) is 0 Å². The lowest BCUT2D eigenvalue weighted by molar-refractivity contribution is 0.182. The van der Waals surface area contributed by atoms with Crippen LogP contribution >= 0.6 is 0 Å². The number of likely N-dealkylation sites (N-methyl/N-ethyl adjacent to an activating group) is 1. The van der Waals surface area contributed by atoms with E-state index in [4.69, 9.17) is 0 Å².